The van der Waals surface area contributed by atoms with Gasteiger partial charge in [-0.15, -0.1) is 0 Å². The zero-order valence-corrected chi connectivity index (χ0v) is 8.61. The summed E-state index contributed by atoms with van der Waals surface area (Å²) >= 11 is 0. The molecule has 1 saturated heterocycles. The van der Waals surface area contributed by atoms with E-state index < -0.39 is 6.10 Å². The fourth-order valence-electron chi connectivity index (χ4n) is 1.73. The number of carbonyl (C=O) groups is 2. The van der Waals surface area contributed by atoms with E-state index in [9.17, 15) is 14.7 Å². The zero-order valence-electron chi connectivity index (χ0n) is 8.61. The number of amides is 2. The Bertz CT molecular complexity index is 276. The number of likely N-dealkylation sites (tertiary alicyclic amines) is 1. The van der Waals surface area contributed by atoms with Gasteiger partial charge in [0.1, 0.15) is 0 Å². The highest BCUT2D eigenvalue weighted by Crippen LogP contribution is 2.18. The third-order valence-electron chi connectivity index (χ3n) is 2.75. The summed E-state index contributed by atoms with van der Waals surface area (Å²) in [4.78, 5) is 24.1. The molecule has 0 aromatic heterocycles. The van der Waals surface area contributed by atoms with Gasteiger partial charge in [-0.3, -0.25) is 9.59 Å². The maximum absolute atomic E-state index is 11.3. The van der Waals surface area contributed by atoms with Gasteiger partial charge in [0.05, 0.1) is 12.5 Å². The van der Waals surface area contributed by atoms with Gasteiger partial charge < -0.3 is 15.3 Å². The lowest BCUT2D eigenvalue weighted by Crippen LogP contribution is -2.33. The molecule has 1 heterocycles. The fraction of sp³-hybridized carbons (Fsp3) is 0.800. The molecule has 2 aliphatic rings. The van der Waals surface area contributed by atoms with Crippen molar-refractivity contribution in [2.24, 2.45) is 0 Å². The highest BCUT2D eigenvalue weighted by atomic mass is 16.3. The Morgan fingerprint density at radius 3 is 2.80 bits per heavy atom. The van der Waals surface area contributed by atoms with Gasteiger partial charge in [-0.2, -0.15) is 0 Å². The molecule has 2 amide bonds. The SMILES string of the molecule is O=C(CCN1CC(O)CC1=O)NC1CC1. The van der Waals surface area contributed by atoms with Gasteiger partial charge in [0.25, 0.3) is 0 Å². The Kier molecular flexibility index (Phi) is 2.90. The molecule has 1 atom stereocenters. The standard InChI is InChI=1S/C10H16N2O3/c13-8-5-10(15)12(6-8)4-3-9(14)11-7-1-2-7/h7-8,13H,1-6H2,(H,11,14). The summed E-state index contributed by atoms with van der Waals surface area (Å²) in [7, 11) is 0. The molecule has 1 unspecified atom stereocenters. The quantitative estimate of drug-likeness (QED) is 0.644. The van der Waals surface area contributed by atoms with Crippen LogP contribution in [0.1, 0.15) is 25.7 Å². The fourth-order valence-corrected chi connectivity index (χ4v) is 1.73. The molecule has 5 heteroatoms. The number of aliphatic hydroxyl groups is 1. The molecule has 0 aromatic carbocycles. The van der Waals surface area contributed by atoms with Crippen LogP contribution in [0.3, 0.4) is 0 Å². The van der Waals surface area contributed by atoms with Crippen molar-refractivity contribution in [3.8, 4) is 0 Å². The van der Waals surface area contributed by atoms with Crippen LogP contribution in [-0.2, 0) is 9.59 Å². The molecule has 0 aromatic rings. The van der Waals surface area contributed by atoms with Crippen molar-refractivity contribution in [2.45, 2.75) is 37.8 Å². The molecule has 15 heavy (non-hydrogen) atoms. The van der Waals surface area contributed by atoms with Crippen LogP contribution in [0.2, 0.25) is 0 Å². The van der Waals surface area contributed by atoms with Crippen molar-refractivity contribution in [3.05, 3.63) is 0 Å². The number of nitrogens with one attached hydrogen (secondary N) is 1. The van der Waals surface area contributed by atoms with Gasteiger partial charge in [0.15, 0.2) is 0 Å². The molecule has 1 aliphatic carbocycles. The first-order valence-corrected chi connectivity index (χ1v) is 5.40. The average Bonchev–Trinajstić information content (AvgIpc) is 2.89. The Hall–Kier alpha value is -1.10. The Morgan fingerprint density at radius 2 is 2.27 bits per heavy atom. The number of hydrogen-bond acceptors (Lipinski definition) is 3. The van der Waals surface area contributed by atoms with Crippen molar-refractivity contribution >= 4 is 11.8 Å². The van der Waals surface area contributed by atoms with E-state index in [4.69, 9.17) is 0 Å². The van der Waals surface area contributed by atoms with Crippen LogP contribution < -0.4 is 5.32 Å². The first-order valence-electron chi connectivity index (χ1n) is 5.40. The summed E-state index contributed by atoms with van der Waals surface area (Å²) in [6, 6.07) is 0.373. The van der Waals surface area contributed by atoms with Crippen LogP contribution in [0, 0.1) is 0 Å². The van der Waals surface area contributed by atoms with Crippen molar-refractivity contribution in [1.82, 2.24) is 10.2 Å². The zero-order chi connectivity index (χ0) is 10.8. The molecule has 2 rings (SSSR count). The molecule has 1 aliphatic heterocycles. The number of hydrogen-bond donors (Lipinski definition) is 2. The largest absolute Gasteiger partial charge is 0.391 e. The second-order valence-corrected chi connectivity index (χ2v) is 4.29. The lowest BCUT2D eigenvalue weighted by atomic mass is 10.3. The van der Waals surface area contributed by atoms with E-state index >= 15 is 0 Å². The van der Waals surface area contributed by atoms with Gasteiger partial charge in [-0.25, -0.2) is 0 Å². The molecule has 5 nitrogen and oxygen atoms in total. The summed E-state index contributed by atoms with van der Waals surface area (Å²) in [5, 5.41) is 12.1. The normalized spacial score (nSPS) is 25.8. The maximum Gasteiger partial charge on any atom is 0.225 e. The predicted molar refractivity (Wildman–Crippen MR) is 53.0 cm³/mol. The van der Waals surface area contributed by atoms with Crippen molar-refractivity contribution in [2.75, 3.05) is 13.1 Å². The molecule has 0 radical (unpaired) electrons. The highest BCUT2D eigenvalue weighted by Gasteiger charge is 2.28. The Balaban J connectivity index is 1.68. The van der Waals surface area contributed by atoms with Gasteiger partial charge in [0.2, 0.25) is 11.8 Å². The van der Waals surface area contributed by atoms with E-state index in [2.05, 4.69) is 5.32 Å². The minimum Gasteiger partial charge on any atom is -0.391 e. The summed E-state index contributed by atoms with van der Waals surface area (Å²) in [6.07, 6.45) is 2.14. The third-order valence-corrected chi connectivity index (χ3v) is 2.75. The van der Waals surface area contributed by atoms with Gasteiger partial charge in [-0.05, 0) is 12.8 Å². The summed E-state index contributed by atoms with van der Waals surface area (Å²) in [5.74, 6) is -0.0478. The van der Waals surface area contributed by atoms with E-state index in [-0.39, 0.29) is 18.2 Å². The monoisotopic (exact) mass is 212 g/mol. The predicted octanol–water partition coefficient (Wildman–Crippen LogP) is -0.752. The minimum atomic E-state index is -0.552. The van der Waals surface area contributed by atoms with E-state index in [1.54, 1.807) is 4.90 Å². The topological polar surface area (TPSA) is 69.6 Å². The van der Waals surface area contributed by atoms with E-state index in [0.29, 0.717) is 25.6 Å². The minimum absolute atomic E-state index is 0.00619. The van der Waals surface area contributed by atoms with E-state index in [1.807, 2.05) is 0 Å². The number of rotatable bonds is 4. The van der Waals surface area contributed by atoms with Crippen molar-refractivity contribution in [1.29, 1.82) is 0 Å². The first kappa shape index (κ1) is 10.4. The molecule has 0 spiro atoms. The second kappa shape index (κ2) is 4.18. The van der Waals surface area contributed by atoms with Crippen LogP contribution in [-0.4, -0.2) is 47.1 Å². The van der Waals surface area contributed by atoms with E-state index in [1.165, 1.54) is 0 Å². The van der Waals surface area contributed by atoms with Gasteiger partial charge in [0, 0.05) is 25.6 Å². The van der Waals surface area contributed by atoms with Crippen molar-refractivity contribution < 1.29 is 14.7 Å². The van der Waals surface area contributed by atoms with Crippen LogP contribution in [0.15, 0.2) is 0 Å². The van der Waals surface area contributed by atoms with Crippen LogP contribution in [0.5, 0.6) is 0 Å². The van der Waals surface area contributed by atoms with Crippen LogP contribution in [0.4, 0.5) is 0 Å². The second-order valence-electron chi connectivity index (χ2n) is 4.29. The lowest BCUT2D eigenvalue weighted by Gasteiger charge is -2.14. The molecular formula is C10H16N2O3. The number of β-amino-alcohol motifs (C(OH)–C–C–N with tert-alkyl or cyclic N) is 1. The highest BCUT2D eigenvalue weighted by molar-refractivity contribution is 5.81. The molecule has 1 saturated carbocycles. The van der Waals surface area contributed by atoms with Crippen LogP contribution in [0.25, 0.3) is 0 Å². The Morgan fingerprint density at radius 1 is 1.53 bits per heavy atom. The molecule has 2 N–H and O–H groups in total. The Labute approximate surface area is 88.4 Å². The smallest absolute Gasteiger partial charge is 0.225 e. The lowest BCUT2D eigenvalue weighted by molar-refractivity contribution is -0.128. The number of carbonyl (C=O) groups excluding carboxylic acids is 2. The van der Waals surface area contributed by atoms with Gasteiger partial charge in [-0.1, -0.05) is 0 Å². The summed E-state index contributed by atoms with van der Waals surface area (Å²) in [5.41, 5.74) is 0. The molecule has 0 bridgehead atoms. The van der Waals surface area contributed by atoms with Crippen molar-refractivity contribution in [3.63, 3.8) is 0 Å². The molecule has 2 fully saturated rings. The summed E-state index contributed by atoms with van der Waals surface area (Å²) in [6.45, 7) is 0.796. The number of aliphatic hydroxyl groups excluding tert-OH is 1. The van der Waals surface area contributed by atoms with Gasteiger partial charge >= 0.3 is 0 Å². The number of nitrogens with zero attached hydrogens (tertiary/aromatic N) is 1. The average molecular weight is 212 g/mol. The summed E-state index contributed by atoms with van der Waals surface area (Å²) < 4.78 is 0. The van der Waals surface area contributed by atoms with Crippen LogP contribution >= 0.6 is 0 Å². The van der Waals surface area contributed by atoms with E-state index in [0.717, 1.165) is 12.8 Å². The maximum atomic E-state index is 11.3. The molecular weight excluding hydrogens is 196 g/mol. The third kappa shape index (κ3) is 2.92. The first-order chi connectivity index (χ1) is 7.15. The molecule has 84 valence electrons.